The van der Waals surface area contributed by atoms with Crippen molar-refractivity contribution in [1.82, 2.24) is 60.3 Å². The number of fused-ring (bicyclic) bond motifs is 2. The molecular weight excluding hydrogens is 1540 g/mol. The van der Waals surface area contributed by atoms with Crippen LogP contribution in [0.25, 0.3) is 22.3 Å². The van der Waals surface area contributed by atoms with Gasteiger partial charge in [-0.1, -0.05) is 39.5 Å². The number of aromatic nitrogens is 8. The minimum absolute atomic E-state index is 0. The third-order valence-corrected chi connectivity index (χ3v) is 20.0. The minimum Gasteiger partial charge on any atom is -0.790 e. The summed E-state index contributed by atoms with van der Waals surface area (Å²) in [6.07, 6.45) is -14.9. The van der Waals surface area contributed by atoms with Gasteiger partial charge in [0.25, 0.3) is 37.3 Å². The molecule has 4 aromatic rings. The SMILES string of the molecule is CC(=O)O.CC(=O)SCCNC(=O)CCNC(=O)C(O)C(C)(C)COP(=O)([O-])OP(=O)([O-])OCC1OC(n2cnc3c(N)ncnc32)C(O)C1OP(=O)([O-])[O-].CCNC(=O)CCNC(=O)C(O)C(C)(C)COP(=O)([O-])OP(=O)([O-])OCC1OC(n2cnc3c(N)ncnc32)C(O)C1OP(=O)([O-])[O-].O. The molecule has 6 heterocycles. The van der Waals surface area contributed by atoms with Gasteiger partial charge >= 0.3 is 0 Å². The van der Waals surface area contributed by atoms with Gasteiger partial charge in [0.1, 0.15) is 72.5 Å². The van der Waals surface area contributed by atoms with Crippen LogP contribution in [-0.4, -0.2) is 212 Å². The number of carbonyl (C=O) groups excluding carboxylic acids is 5. The van der Waals surface area contributed by atoms with Crippen LogP contribution in [0.1, 0.15) is 73.8 Å². The van der Waals surface area contributed by atoms with Crippen LogP contribution in [0.15, 0.2) is 25.3 Å². The number of ether oxygens (including phenoxy) is 2. The molecule has 0 saturated carbocycles. The number of hydrogen-bond acceptors (Lipinski definition) is 43. The Morgan fingerprint density at radius 3 is 1.28 bits per heavy atom. The van der Waals surface area contributed by atoms with Gasteiger partial charge in [0.15, 0.2) is 40.5 Å². The second kappa shape index (κ2) is 38.9. The Morgan fingerprint density at radius 1 is 0.592 bits per heavy atom. The summed E-state index contributed by atoms with van der Waals surface area (Å²) < 4.78 is 120. The molecule has 15 N–H and O–H groups in total. The number of nitrogen functional groups attached to an aromatic ring is 2. The van der Waals surface area contributed by atoms with Crippen molar-refractivity contribution < 1.29 is 172 Å². The lowest BCUT2D eigenvalue weighted by atomic mass is 9.87. The van der Waals surface area contributed by atoms with Crippen molar-refractivity contribution in [2.24, 2.45) is 10.8 Å². The van der Waals surface area contributed by atoms with Crippen LogP contribution in [0.5, 0.6) is 0 Å². The van der Waals surface area contributed by atoms with Gasteiger partial charge in [-0.25, -0.2) is 38.5 Å². The number of carboxylic acid groups (broad SMARTS) is 1. The fraction of sp³-hybridized carbons (Fsp3) is 0.652. The van der Waals surface area contributed by atoms with Crippen LogP contribution in [0.2, 0.25) is 0 Å². The smallest absolute Gasteiger partial charge is 0.300 e. The highest BCUT2D eigenvalue weighted by Crippen LogP contribution is 2.58. The molecule has 2 saturated heterocycles. The molecule has 0 bridgehead atoms. The molecule has 2 fully saturated rings. The molecule has 0 radical (unpaired) electrons. The quantitative estimate of drug-likeness (QED) is 0.0149. The highest BCUT2D eigenvalue weighted by atomic mass is 32.2. The first-order valence-corrected chi connectivity index (χ1v) is 38.6. The Labute approximate surface area is 585 Å². The summed E-state index contributed by atoms with van der Waals surface area (Å²) in [5.41, 5.74) is 8.18. The lowest BCUT2D eigenvalue weighted by Crippen LogP contribution is -2.46. The van der Waals surface area contributed by atoms with Crippen molar-refractivity contribution >= 4 is 127 Å². The number of phosphoric acid groups is 6. The molecular formula is C46H72N14O36P6S-8. The number of carboxylic acids is 1. The summed E-state index contributed by atoms with van der Waals surface area (Å²) in [7, 11) is -35.0. The van der Waals surface area contributed by atoms with Gasteiger partial charge in [-0.2, -0.15) is 0 Å². The lowest BCUT2D eigenvalue weighted by Gasteiger charge is -2.36. The number of nitrogens with two attached hydrogens (primary N) is 2. The van der Waals surface area contributed by atoms with Crippen molar-refractivity contribution in [3.63, 3.8) is 0 Å². The van der Waals surface area contributed by atoms with E-state index in [1.54, 1.807) is 6.92 Å². The fourth-order valence-corrected chi connectivity index (χ4v) is 14.4. The van der Waals surface area contributed by atoms with Crippen molar-refractivity contribution in [2.45, 2.75) is 123 Å². The first-order chi connectivity index (χ1) is 46.9. The first kappa shape index (κ1) is 91.7. The van der Waals surface area contributed by atoms with Crippen molar-refractivity contribution in [1.29, 1.82) is 0 Å². The van der Waals surface area contributed by atoms with Crippen molar-refractivity contribution in [3.8, 4) is 0 Å². The van der Waals surface area contributed by atoms with Crippen LogP contribution < -0.4 is 71.9 Å². The minimum atomic E-state index is -5.90. The number of aliphatic hydroxyl groups is 4. The van der Waals surface area contributed by atoms with E-state index < -0.39 is 169 Å². The van der Waals surface area contributed by atoms with Gasteiger partial charge < -0.3 is 149 Å². The van der Waals surface area contributed by atoms with E-state index in [0.29, 0.717) is 12.3 Å². The highest BCUT2D eigenvalue weighted by molar-refractivity contribution is 8.13. The van der Waals surface area contributed by atoms with Gasteiger partial charge in [0.05, 0.1) is 54.7 Å². The third kappa shape index (κ3) is 29.7. The maximum atomic E-state index is 12.4. The summed E-state index contributed by atoms with van der Waals surface area (Å²) in [6, 6.07) is 0. The molecule has 57 heteroatoms. The number of amides is 4. The zero-order valence-corrected chi connectivity index (χ0v) is 60.9. The Hall–Kier alpha value is -5.47. The average molecular weight is 1620 g/mol. The summed E-state index contributed by atoms with van der Waals surface area (Å²) in [6.45, 7) is 4.70. The van der Waals surface area contributed by atoms with E-state index in [9.17, 15) is 111 Å². The predicted octanol–water partition coefficient (Wildman–Crippen LogP) is -8.68. The second-order valence-corrected chi connectivity index (χ2v) is 31.8. The molecule has 0 aliphatic carbocycles. The van der Waals surface area contributed by atoms with Gasteiger partial charge in [-0.15, -0.1) is 0 Å². The van der Waals surface area contributed by atoms with Crippen LogP contribution in [0.4, 0.5) is 11.6 Å². The molecule has 103 heavy (non-hydrogen) atoms. The van der Waals surface area contributed by atoms with Gasteiger partial charge in [0, 0.05) is 69.5 Å². The molecule has 2 aliphatic heterocycles. The number of anilines is 2. The molecule has 2 aliphatic rings. The van der Waals surface area contributed by atoms with Crippen LogP contribution >= 0.6 is 58.7 Å². The zero-order valence-electron chi connectivity index (χ0n) is 54.7. The van der Waals surface area contributed by atoms with Gasteiger partial charge in [-0.05, 0) is 6.92 Å². The van der Waals surface area contributed by atoms with E-state index in [1.807, 2.05) is 0 Å². The first-order valence-electron chi connectivity index (χ1n) is 28.9. The number of rotatable bonds is 36. The normalized spacial score (nSPS) is 22.2. The number of aliphatic hydroxyl groups excluding tert-OH is 4. The molecule has 0 aromatic carbocycles. The Bertz CT molecular complexity index is 3860. The van der Waals surface area contributed by atoms with Crippen molar-refractivity contribution in [2.75, 3.05) is 69.8 Å². The Morgan fingerprint density at radius 2 is 0.942 bits per heavy atom. The van der Waals surface area contributed by atoms with Gasteiger partial charge in [-0.3, -0.25) is 56.2 Å². The zero-order chi connectivity index (χ0) is 77.3. The number of aliphatic carboxylic acids is 1. The number of phosphoric ester groups is 6. The maximum Gasteiger partial charge on any atom is 0.300 e. The summed E-state index contributed by atoms with van der Waals surface area (Å²) in [4.78, 5) is 186. The van der Waals surface area contributed by atoms with Crippen LogP contribution in [0, 0.1) is 10.8 Å². The third-order valence-electron chi connectivity index (χ3n) is 13.2. The molecule has 4 amide bonds. The average Bonchev–Trinajstić information content (AvgIpc) is 1.63. The number of nitrogens with one attached hydrogen (secondary N) is 4. The molecule has 586 valence electrons. The van der Waals surface area contributed by atoms with Gasteiger partial charge in [0.2, 0.25) is 23.6 Å². The number of nitrogens with zero attached hydrogens (tertiary/aromatic N) is 8. The van der Waals surface area contributed by atoms with E-state index >= 15 is 0 Å². The topological polar surface area (TPSA) is 802 Å². The summed E-state index contributed by atoms with van der Waals surface area (Å²) >= 11 is 1.01. The Balaban J connectivity index is 0.000000505. The lowest BCUT2D eigenvalue weighted by molar-refractivity contribution is -0.348. The number of hydrogen-bond donors (Lipinski definition) is 11. The van der Waals surface area contributed by atoms with E-state index in [-0.39, 0.29) is 82.9 Å². The summed E-state index contributed by atoms with van der Waals surface area (Å²) in [5.74, 6) is -3.43. The molecule has 0 spiro atoms. The molecule has 4 aromatic heterocycles. The van der Waals surface area contributed by atoms with E-state index in [4.69, 9.17) is 30.8 Å². The maximum absolute atomic E-state index is 12.4. The van der Waals surface area contributed by atoms with E-state index in [0.717, 1.165) is 53.1 Å². The summed E-state index contributed by atoms with van der Waals surface area (Å²) in [5, 5.41) is 59.2. The molecule has 14 unspecified atom stereocenters. The number of carbonyl (C=O) groups is 6. The van der Waals surface area contributed by atoms with Crippen molar-refractivity contribution in [3.05, 3.63) is 25.3 Å². The van der Waals surface area contributed by atoms with Crippen LogP contribution in [-0.2, 0) is 101 Å². The molecule has 14 atom stereocenters. The standard InChI is InChI=1S/C23H38N7O17P3S.C21H36N7O16P3.C2H4O2.H2O/c1-12(31)51-7-6-25-14(32)4-5-26-21(35)18(34)23(2,3)9-44-50(41,42)47-49(39,40)43-8-13-17(46-48(36,37)38)16(33)22(45-13)30-11-29-15-19(24)27-10-28-20(15)30;1-4-23-12(29)5-6-24-19(32)16(31)21(2,3)8-41-47(38,39)44-46(36,37)40-7-11-15(43-45(33,34)35)14(30)20(42-11)28-10-27-13-17(22)25-9-26-18(13)28;1-2(3)4;/h10-11,13,16-18,22,33-34H,4-9H2,1-3H3,(H,25,32)(H,26,35)(H,39,40)(H,41,42)(H2,24,27,28)(H2,36,37,38);9-11,14-16,20,30-31H,4-8H2,1-3H3,(H,23,29)(H,24,32)(H,36,37)(H,38,39)(H2,22,25,26)(H2,33,34,35);1H3,(H,3,4);1H2/p-8. The highest BCUT2D eigenvalue weighted by Gasteiger charge is 2.49. The molecule has 6 rings (SSSR count). The largest absolute Gasteiger partial charge is 0.790 e. The Kier molecular flexibility index (Phi) is 34.6. The van der Waals surface area contributed by atoms with E-state index in [1.165, 1.54) is 34.6 Å². The van der Waals surface area contributed by atoms with E-state index in [2.05, 4.69) is 86.9 Å². The number of imidazole rings is 2. The number of thioether (sulfide) groups is 1. The second-order valence-electron chi connectivity index (χ2n) is 22.4. The monoisotopic (exact) mass is 1610 g/mol. The predicted molar refractivity (Wildman–Crippen MR) is 327 cm³/mol. The molecule has 50 nitrogen and oxygen atoms in total. The van der Waals surface area contributed by atoms with Crippen LogP contribution in [0.3, 0.4) is 0 Å². The fourth-order valence-electron chi connectivity index (χ4n) is 8.42.